The van der Waals surface area contributed by atoms with Crippen LogP contribution in [0.1, 0.15) is 38.8 Å². The molecule has 214 valence electrons. The van der Waals surface area contributed by atoms with E-state index in [4.69, 9.17) is 0 Å². The smallest absolute Gasteiger partial charge is 0.350 e. The number of rotatable bonds is 9. The Bertz CT molecular complexity index is 1420. The Kier molecular flexibility index (Phi) is 9.29. The Labute approximate surface area is 232 Å². The van der Waals surface area contributed by atoms with Crippen molar-refractivity contribution in [3.05, 3.63) is 96.1 Å². The van der Waals surface area contributed by atoms with Crippen molar-refractivity contribution in [2.75, 3.05) is 10.8 Å². The largest absolute Gasteiger partial charge is 0.416 e. The van der Waals surface area contributed by atoms with Crippen molar-refractivity contribution in [2.45, 2.75) is 56.9 Å². The lowest BCUT2D eigenvalue weighted by Gasteiger charge is -2.33. The van der Waals surface area contributed by atoms with Crippen molar-refractivity contribution in [3.63, 3.8) is 0 Å². The van der Waals surface area contributed by atoms with Gasteiger partial charge in [0.1, 0.15) is 12.6 Å². The molecule has 40 heavy (non-hydrogen) atoms. The summed E-state index contributed by atoms with van der Waals surface area (Å²) in [5, 5.41) is 2.82. The third-order valence-electron chi connectivity index (χ3n) is 5.93. The SMILES string of the molecule is C[C@@H](C(=O)NC(C)(C)C)N(Cc1ccccc1)C(=O)CN(c1cccc(C(F)(F)F)c1)S(=O)(=O)c1ccccc1. The van der Waals surface area contributed by atoms with E-state index in [1.807, 2.05) is 0 Å². The molecule has 0 fully saturated rings. The number of carbonyl (C=O) groups is 2. The summed E-state index contributed by atoms with van der Waals surface area (Å²) >= 11 is 0. The number of sulfonamides is 1. The van der Waals surface area contributed by atoms with E-state index in [0.717, 1.165) is 12.1 Å². The van der Waals surface area contributed by atoms with Crippen LogP contribution in [0.2, 0.25) is 0 Å². The maximum atomic E-state index is 13.8. The number of hydrogen-bond acceptors (Lipinski definition) is 4. The molecule has 11 heteroatoms. The van der Waals surface area contributed by atoms with Gasteiger partial charge in [0.2, 0.25) is 11.8 Å². The van der Waals surface area contributed by atoms with Gasteiger partial charge in [-0.2, -0.15) is 13.2 Å². The van der Waals surface area contributed by atoms with E-state index in [2.05, 4.69) is 5.32 Å². The molecule has 0 heterocycles. The van der Waals surface area contributed by atoms with Gasteiger partial charge < -0.3 is 10.2 Å². The minimum atomic E-state index is -4.74. The second-order valence-corrected chi connectivity index (χ2v) is 12.2. The maximum absolute atomic E-state index is 13.8. The first-order chi connectivity index (χ1) is 18.6. The van der Waals surface area contributed by atoms with Crippen molar-refractivity contribution in [1.82, 2.24) is 10.2 Å². The minimum Gasteiger partial charge on any atom is -0.350 e. The highest BCUT2D eigenvalue weighted by molar-refractivity contribution is 7.92. The molecule has 0 aromatic heterocycles. The molecular weight excluding hydrogens is 543 g/mol. The lowest BCUT2D eigenvalue weighted by molar-refractivity contribution is -0.140. The first-order valence-electron chi connectivity index (χ1n) is 12.5. The summed E-state index contributed by atoms with van der Waals surface area (Å²) in [6.45, 7) is 6.00. The van der Waals surface area contributed by atoms with Crippen LogP contribution < -0.4 is 9.62 Å². The number of nitrogens with zero attached hydrogens (tertiary/aromatic N) is 2. The summed E-state index contributed by atoms with van der Waals surface area (Å²) in [7, 11) is -4.47. The molecule has 0 unspecified atom stereocenters. The van der Waals surface area contributed by atoms with Gasteiger partial charge in [-0.05, 0) is 63.6 Å². The van der Waals surface area contributed by atoms with Gasteiger partial charge in [0, 0.05) is 12.1 Å². The number of benzene rings is 3. The molecule has 1 atom stereocenters. The van der Waals surface area contributed by atoms with Crippen LogP contribution in [0, 0.1) is 0 Å². The molecule has 1 N–H and O–H groups in total. The predicted octanol–water partition coefficient (Wildman–Crippen LogP) is 5.23. The normalized spacial score (nSPS) is 12.9. The van der Waals surface area contributed by atoms with Crippen LogP contribution >= 0.6 is 0 Å². The van der Waals surface area contributed by atoms with Crippen LogP contribution in [0.3, 0.4) is 0 Å². The van der Waals surface area contributed by atoms with Crippen LogP contribution in [0.4, 0.5) is 18.9 Å². The Morgan fingerprint density at radius 2 is 1.45 bits per heavy atom. The third kappa shape index (κ3) is 7.84. The number of anilines is 1. The summed E-state index contributed by atoms with van der Waals surface area (Å²) in [6.07, 6.45) is -4.74. The van der Waals surface area contributed by atoms with Gasteiger partial charge in [-0.25, -0.2) is 8.42 Å². The number of amides is 2. The number of halogens is 3. The molecule has 0 aliphatic carbocycles. The zero-order valence-electron chi connectivity index (χ0n) is 22.6. The van der Waals surface area contributed by atoms with E-state index in [9.17, 15) is 31.2 Å². The second-order valence-electron chi connectivity index (χ2n) is 10.3. The highest BCUT2D eigenvalue weighted by Gasteiger charge is 2.35. The average molecular weight is 576 g/mol. The van der Waals surface area contributed by atoms with Crippen molar-refractivity contribution in [3.8, 4) is 0 Å². The zero-order chi connectivity index (χ0) is 29.7. The van der Waals surface area contributed by atoms with Gasteiger partial charge in [-0.3, -0.25) is 13.9 Å². The Hall–Kier alpha value is -3.86. The standard InChI is InChI=1S/C29H32F3N3O4S/c1-21(27(37)33-28(2,3)4)34(19-22-12-7-5-8-13-22)26(36)20-35(40(38,39)25-16-9-6-10-17-25)24-15-11-14-23(18-24)29(30,31)32/h5-18,21H,19-20H2,1-4H3,(H,33,37)/t21-/m0/s1. The first-order valence-corrected chi connectivity index (χ1v) is 13.9. The number of nitrogens with one attached hydrogen (secondary N) is 1. The molecule has 3 aromatic rings. The third-order valence-corrected chi connectivity index (χ3v) is 7.72. The van der Waals surface area contributed by atoms with Crippen LogP contribution in [0.25, 0.3) is 0 Å². The quantitative estimate of drug-likeness (QED) is 0.379. The van der Waals surface area contributed by atoms with Crippen molar-refractivity contribution in [2.24, 2.45) is 0 Å². The fourth-order valence-electron chi connectivity index (χ4n) is 3.92. The number of carbonyl (C=O) groups excluding carboxylic acids is 2. The predicted molar refractivity (Wildman–Crippen MR) is 147 cm³/mol. The van der Waals surface area contributed by atoms with Crippen LogP contribution in [-0.4, -0.2) is 43.3 Å². The molecule has 3 rings (SSSR count). The van der Waals surface area contributed by atoms with E-state index in [0.29, 0.717) is 15.9 Å². The van der Waals surface area contributed by atoms with Crippen LogP contribution in [-0.2, 0) is 32.3 Å². The molecule has 0 aliphatic rings. The van der Waals surface area contributed by atoms with Gasteiger partial charge in [0.05, 0.1) is 16.1 Å². The topological polar surface area (TPSA) is 86.8 Å². The fourth-order valence-corrected chi connectivity index (χ4v) is 5.35. The van der Waals surface area contributed by atoms with E-state index >= 15 is 0 Å². The molecule has 3 aromatic carbocycles. The molecule has 0 saturated heterocycles. The lowest BCUT2D eigenvalue weighted by Crippen LogP contribution is -2.54. The van der Waals surface area contributed by atoms with Crippen molar-refractivity contribution in [1.29, 1.82) is 0 Å². The molecule has 0 spiro atoms. The van der Waals surface area contributed by atoms with Crippen molar-refractivity contribution >= 4 is 27.5 Å². The van der Waals surface area contributed by atoms with Gasteiger partial charge >= 0.3 is 6.18 Å². The summed E-state index contributed by atoms with van der Waals surface area (Å²) in [6, 6.07) is 18.7. The highest BCUT2D eigenvalue weighted by Crippen LogP contribution is 2.33. The fraction of sp³-hybridized carbons (Fsp3) is 0.310. The summed E-state index contributed by atoms with van der Waals surface area (Å²) < 4.78 is 68.6. The van der Waals surface area contributed by atoms with E-state index in [1.165, 1.54) is 42.2 Å². The number of hydrogen-bond donors (Lipinski definition) is 1. The van der Waals surface area contributed by atoms with Crippen molar-refractivity contribution < 1.29 is 31.2 Å². The highest BCUT2D eigenvalue weighted by atomic mass is 32.2. The van der Waals surface area contributed by atoms with E-state index in [-0.39, 0.29) is 17.1 Å². The average Bonchev–Trinajstić information content (AvgIpc) is 2.89. The molecule has 0 aliphatic heterocycles. The van der Waals surface area contributed by atoms with Gasteiger partial charge in [0.15, 0.2) is 0 Å². The first kappa shape index (κ1) is 30.7. The summed E-state index contributed by atoms with van der Waals surface area (Å²) in [5.74, 6) is -1.23. The van der Waals surface area contributed by atoms with E-state index in [1.54, 1.807) is 57.2 Å². The lowest BCUT2D eigenvalue weighted by atomic mass is 10.1. The van der Waals surface area contributed by atoms with Crippen LogP contribution in [0.15, 0.2) is 89.8 Å². The van der Waals surface area contributed by atoms with Crippen LogP contribution in [0.5, 0.6) is 0 Å². The Balaban J connectivity index is 2.07. The van der Waals surface area contributed by atoms with E-state index < -0.39 is 51.7 Å². The van der Waals surface area contributed by atoms with Gasteiger partial charge in [-0.1, -0.05) is 54.6 Å². The molecule has 0 saturated carbocycles. The molecular formula is C29H32F3N3O4S. The summed E-state index contributed by atoms with van der Waals surface area (Å²) in [5.41, 5.74) is -1.32. The monoisotopic (exact) mass is 575 g/mol. The molecule has 0 bridgehead atoms. The maximum Gasteiger partial charge on any atom is 0.416 e. The molecule has 0 radical (unpaired) electrons. The second kappa shape index (κ2) is 12.1. The molecule has 7 nitrogen and oxygen atoms in total. The van der Waals surface area contributed by atoms with Gasteiger partial charge in [0.25, 0.3) is 10.0 Å². The minimum absolute atomic E-state index is 0.0276. The number of alkyl halides is 3. The Morgan fingerprint density at radius 3 is 2.00 bits per heavy atom. The summed E-state index contributed by atoms with van der Waals surface area (Å²) in [4.78, 5) is 27.9. The van der Waals surface area contributed by atoms with Gasteiger partial charge in [-0.15, -0.1) is 0 Å². The Morgan fingerprint density at radius 1 is 0.875 bits per heavy atom. The molecule has 2 amide bonds. The zero-order valence-corrected chi connectivity index (χ0v) is 23.5.